The summed E-state index contributed by atoms with van der Waals surface area (Å²) in [6.45, 7) is 3.82. The quantitative estimate of drug-likeness (QED) is 0.722. The van der Waals surface area contributed by atoms with E-state index >= 15 is 0 Å². The Kier molecular flexibility index (Phi) is 5.55. The molecule has 1 aromatic carbocycles. The maximum atomic E-state index is 12.9. The van der Waals surface area contributed by atoms with Crippen molar-refractivity contribution < 1.29 is 19.1 Å². The summed E-state index contributed by atoms with van der Waals surface area (Å²) in [7, 11) is 1.59. The van der Waals surface area contributed by atoms with E-state index in [-0.39, 0.29) is 18.1 Å². The predicted octanol–water partition coefficient (Wildman–Crippen LogP) is 3.82. The molecule has 0 radical (unpaired) electrons. The minimum atomic E-state index is -0.574. The highest BCUT2D eigenvalue weighted by atomic mass is 79.9. The maximum absolute atomic E-state index is 12.9. The molecule has 1 fully saturated rings. The third-order valence-corrected chi connectivity index (χ3v) is 5.66. The van der Waals surface area contributed by atoms with E-state index < -0.39 is 6.04 Å². The first-order valence-electron chi connectivity index (χ1n) is 8.73. The molecular formula is C19H23BrN2O4. The summed E-state index contributed by atoms with van der Waals surface area (Å²) in [5.74, 6) is 0.656. The van der Waals surface area contributed by atoms with Crippen LogP contribution in [0.25, 0.3) is 0 Å². The predicted molar refractivity (Wildman–Crippen MR) is 101 cm³/mol. The first kappa shape index (κ1) is 18.8. The number of halogens is 1. The lowest BCUT2D eigenvalue weighted by Gasteiger charge is -2.29. The van der Waals surface area contributed by atoms with Crippen molar-refractivity contribution in [3.05, 3.63) is 39.5 Å². The van der Waals surface area contributed by atoms with Crippen LogP contribution < -0.4 is 15.4 Å². The normalized spacial score (nSPS) is 25.5. The van der Waals surface area contributed by atoms with Crippen LogP contribution >= 0.6 is 15.9 Å². The van der Waals surface area contributed by atoms with Crippen LogP contribution in [-0.2, 0) is 9.53 Å². The van der Waals surface area contributed by atoms with Gasteiger partial charge in [-0.05, 0) is 65.7 Å². The maximum Gasteiger partial charge on any atom is 0.338 e. The number of allylic oxidation sites excluding steroid dienone is 1. The second-order valence-electron chi connectivity index (χ2n) is 6.82. The van der Waals surface area contributed by atoms with Crippen LogP contribution in [0.2, 0.25) is 0 Å². The minimum absolute atomic E-state index is 0.0660. The fourth-order valence-electron chi connectivity index (χ4n) is 3.56. The Hall–Kier alpha value is -2.02. The number of hydrogen-bond acceptors (Lipinski definition) is 4. The summed E-state index contributed by atoms with van der Waals surface area (Å²) in [6, 6.07) is 4.55. The standard InChI is InChI=1S/C19H23BrN2O4/c1-10-5-4-6-14(10)26-18(23)16-11(2)21-19(24)22-17(16)12-7-8-15(25-3)13(20)9-12/h7-10,14,17H,4-6H2,1-3H3,(H2,21,22,24)/t10-,14-,17-/m0/s1. The number of methoxy groups -OCH3 is 1. The molecular weight excluding hydrogens is 400 g/mol. The molecule has 140 valence electrons. The number of benzene rings is 1. The van der Waals surface area contributed by atoms with E-state index in [1.54, 1.807) is 20.1 Å². The molecule has 0 spiro atoms. The van der Waals surface area contributed by atoms with E-state index in [1.807, 2.05) is 12.1 Å². The molecule has 0 aromatic heterocycles. The molecule has 2 amide bonds. The summed E-state index contributed by atoms with van der Waals surface area (Å²) < 4.78 is 11.8. The minimum Gasteiger partial charge on any atom is -0.496 e. The van der Waals surface area contributed by atoms with Gasteiger partial charge < -0.3 is 20.1 Å². The fourth-order valence-corrected chi connectivity index (χ4v) is 4.12. The van der Waals surface area contributed by atoms with Crippen molar-refractivity contribution in [2.75, 3.05) is 7.11 Å². The number of urea groups is 1. The monoisotopic (exact) mass is 422 g/mol. The lowest BCUT2D eigenvalue weighted by atomic mass is 9.95. The lowest BCUT2D eigenvalue weighted by Crippen LogP contribution is -2.45. The van der Waals surface area contributed by atoms with Gasteiger partial charge in [0.05, 0.1) is 23.2 Å². The third-order valence-electron chi connectivity index (χ3n) is 5.04. The Morgan fingerprint density at radius 1 is 1.31 bits per heavy atom. The number of esters is 1. The van der Waals surface area contributed by atoms with Gasteiger partial charge in [0.2, 0.25) is 0 Å². The average molecular weight is 423 g/mol. The Labute approximate surface area is 161 Å². The number of hydrogen-bond donors (Lipinski definition) is 2. The first-order chi connectivity index (χ1) is 12.4. The molecule has 6 nitrogen and oxygen atoms in total. The second-order valence-corrected chi connectivity index (χ2v) is 7.67. The number of carbonyl (C=O) groups excluding carboxylic acids is 2. The van der Waals surface area contributed by atoms with E-state index in [9.17, 15) is 9.59 Å². The summed E-state index contributed by atoms with van der Waals surface area (Å²) in [6.07, 6.45) is 2.96. The van der Waals surface area contributed by atoms with Crippen LogP contribution in [0, 0.1) is 5.92 Å². The summed E-state index contributed by atoms with van der Waals surface area (Å²) in [5.41, 5.74) is 1.72. The Bertz CT molecular complexity index is 762. The van der Waals surface area contributed by atoms with Gasteiger partial charge in [-0.2, -0.15) is 0 Å². The van der Waals surface area contributed by atoms with Crippen molar-refractivity contribution in [2.24, 2.45) is 5.92 Å². The number of nitrogens with one attached hydrogen (secondary N) is 2. The fraction of sp³-hybridized carbons (Fsp3) is 0.474. The topological polar surface area (TPSA) is 76.7 Å². The number of carbonyl (C=O) groups is 2. The summed E-state index contributed by atoms with van der Waals surface area (Å²) in [4.78, 5) is 24.9. The van der Waals surface area contributed by atoms with E-state index in [0.29, 0.717) is 22.9 Å². The lowest BCUT2D eigenvalue weighted by molar-refractivity contribution is -0.146. The number of amides is 2. The number of ether oxygens (including phenoxy) is 2. The molecule has 1 heterocycles. The third kappa shape index (κ3) is 3.72. The van der Waals surface area contributed by atoms with Crippen LogP contribution in [-0.4, -0.2) is 25.2 Å². The Balaban J connectivity index is 1.91. The molecule has 1 aliphatic heterocycles. The molecule has 7 heteroatoms. The molecule has 0 unspecified atom stereocenters. The van der Waals surface area contributed by atoms with Crippen LogP contribution in [0.15, 0.2) is 33.9 Å². The molecule has 1 saturated carbocycles. The molecule has 0 saturated heterocycles. The molecule has 1 aliphatic carbocycles. The first-order valence-corrected chi connectivity index (χ1v) is 9.52. The molecule has 1 aromatic rings. The Morgan fingerprint density at radius 3 is 2.69 bits per heavy atom. The van der Waals surface area contributed by atoms with Gasteiger partial charge in [-0.25, -0.2) is 9.59 Å². The zero-order chi connectivity index (χ0) is 18.8. The summed E-state index contributed by atoms with van der Waals surface area (Å²) in [5, 5.41) is 5.50. The van der Waals surface area contributed by atoms with Gasteiger partial charge in [0.1, 0.15) is 11.9 Å². The zero-order valence-electron chi connectivity index (χ0n) is 15.1. The van der Waals surface area contributed by atoms with Crippen LogP contribution in [0.4, 0.5) is 4.79 Å². The van der Waals surface area contributed by atoms with Gasteiger partial charge >= 0.3 is 12.0 Å². The van der Waals surface area contributed by atoms with Crippen molar-refractivity contribution in [1.82, 2.24) is 10.6 Å². The van der Waals surface area contributed by atoms with Crippen molar-refractivity contribution in [1.29, 1.82) is 0 Å². The SMILES string of the molecule is COc1ccc([C@@H]2NC(=O)NC(C)=C2C(=O)O[C@H]2CCC[C@@H]2C)cc1Br. The van der Waals surface area contributed by atoms with Crippen molar-refractivity contribution in [2.45, 2.75) is 45.3 Å². The zero-order valence-corrected chi connectivity index (χ0v) is 16.7. The van der Waals surface area contributed by atoms with Gasteiger partial charge in [-0.3, -0.25) is 0 Å². The largest absolute Gasteiger partial charge is 0.496 e. The van der Waals surface area contributed by atoms with Crippen molar-refractivity contribution in [3.63, 3.8) is 0 Å². The highest BCUT2D eigenvalue weighted by Gasteiger charge is 2.35. The van der Waals surface area contributed by atoms with Gasteiger partial charge in [0.25, 0.3) is 0 Å². The molecule has 26 heavy (non-hydrogen) atoms. The number of rotatable bonds is 4. The van der Waals surface area contributed by atoms with Gasteiger partial charge in [0, 0.05) is 5.70 Å². The molecule has 3 rings (SSSR count). The highest BCUT2D eigenvalue weighted by Crippen LogP contribution is 2.34. The summed E-state index contributed by atoms with van der Waals surface area (Å²) >= 11 is 3.45. The molecule has 0 bridgehead atoms. The van der Waals surface area contributed by atoms with E-state index in [0.717, 1.165) is 29.3 Å². The van der Waals surface area contributed by atoms with E-state index in [4.69, 9.17) is 9.47 Å². The van der Waals surface area contributed by atoms with Gasteiger partial charge in [0.15, 0.2) is 0 Å². The average Bonchev–Trinajstić information content (AvgIpc) is 2.98. The van der Waals surface area contributed by atoms with Gasteiger partial charge in [-0.1, -0.05) is 13.0 Å². The van der Waals surface area contributed by atoms with Crippen LogP contribution in [0.3, 0.4) is 0 Å². The van der Waals surface area contributed by atoms with Crippen LogP contribution in [0.1, 0.15) is 44.7 Å². The smallest absolute Gasteiger partial charge is 0.338 e. The van der Waals surface area contributed by atoms with Crippen LogP contribution in [0.5, 0.6) is 5.75 Å². The van der Waals surface area contributed by atoms with Crippen molar-refractivity contribution in [3.8, 4) is 5.75 Å². The molecule has 2 aliphatic rings. The Morgan fingerprint density at radius 2 is 2.08 bits per heavy atom. The van der Waals surface area contributed by atoms with E-state index in [1.165, 1.54) is 0 Å². The van der Waals surface area contributed by atoms with Crippen molar-refractivity contribution >= 4 is 27.9 Å². The highest BCUT2D eigenvalue weighted by molar-refractivity contribution is 9.10. The van der Waals surface area contributed by atoms with E-state index in [2.05, 4.69) is 33.5 Å². The second kappa shape index (κ2) is 7.70. The van der Waals surface area contributed by atoms with Gasteiger partial charge in [-0.15, -0.1) is 0 Å². The molecule has 2 N–H and O–H groups in total. The molecule has 3 atom stereocenters.